The lowest BCUT2D eigenvalue weighted by atomic mass is 9.96. The van der Waals surface area contributed by atoms with Crippen LogP contribution in [0, 0.1) is 5.82 Å². The number of aromatic nitrogens is 2. The molecule has 1 aliphatic heterocycles. The minimum absolute atomic E-state index is 0.0243. The summed E-state index contributed by atoms with van der Waals surface area (Å²) in [5, 5.41) is 21.4. The first-order chi connectivity index (χ1) is 17.0. The summed E-state index contributed by atoms with van der Waals surface area (Å²) in [5.41, 5.74) is 0.850. The van der Waals surface area contributed by atoms with Gasteiger partial charge in [-0.05, 0) is 34.5 Å². The van der Waals surface area contributed by atoms with Crippen molar-refractivity contribution in [2.75, 3.05) is 44.2 Å². The maximum Gasteiger partial charge on any atom is 0.159 e. The summed E-state index contributed by atoms with van der Waals surface area (Å²) in [5.74, 6) is -0.104. The predicted molar refractivity (Wildman–Crippen MR) is 134 cm³/mol. The molecule has 0 aliphatic carbocycles. The second-order valence-electron chi connectivity index (χ2n) is 8.63. The Balaban J connectivity index is 1.50. The van der Waals surface area contributed by atoms with E-state index < -0.39 is 12.4 Å². The molecular weight excluding hydrogens is 471 g/mol. The van der Waals surface area contributed by atoms with Crippen molar-refractivity contribution in [2.45, 2.75) is 6.42 Å². The molecule has 1 aliphatic rings. The van der Waals surface area contributed by atoms with E-state index in [0.717, 1.165) is 10.8 Å². The average Bonchev–Trinajstić information content (AvgIpc) is 2.87. The molecule has 35 heavy (non-hydrogen) atoms. The fourth-order valence-corrected chi connectivity index (χ4v) is 4.96. The van der Waals surface area contributed by atoms with Crippen LogP contribution in [-0.2, 0) is 4.79 Å². The van der Waals surface area contributed by atoms with Gasteiger partial charge >= 0.3 is 0 Å². The number of carbonyl (C=O) groups is 1. The van der Waals surface area contributed by atoms with Gasteiger partial charge in [-0.25, -0.2) is 14.4 Å². The first-order valence-corrected chi connectivity index (χ1v) is 11.8. The van der Waals surface area contributed by atoms with E-state index in [9.17, 15) is 9.90 Å². The predicted octanol–water partition coefficient (Wildman–Crippen LogP) is 4.02. The Kier molecular flexibility index (Phi) is 6.51. The molecule has 0 atom stereocenters. The summed E-state index contributed by atoms with van der Waals surface area (Å²) in [4.78, 5) is 24.3. The molecule has 2 heterocycles. The third kappa shape index (κ3) is 4.52. The number of hydrogen-bond donors (Lipinski definition) is 2. The molecule has 0 radical (unpaired) electrons. The first kappa shape index (κ1) is 23.4. The van der Waals surface area contributed by atoms with Crippen LogP contribution in [-0.4, -0.2) is 70.2 Å². The Bertz CT molecular complexity index is 1420. The molecule has 1 aromatic heterocycles. The van der Waals surface area contributed by atoms with E-state index in [1.807, 2.05) is 24.3 Å². The first-order valence-electron chi connectivity index (χ1n) is 11.4. The molecule has 1 fully saturated rings. The lowest BCUT2D eigenvalue weighted by molar-refractivity contribution is -0.122. The van der Waals surface area contributed by atoms with Gasteiger partial charge in [0.15, 0.2) is 11.6 Å². The minimum Gasteiger partial charge on any atom is -0.508 e. The number of piperazine rings is 1. The maximum atomic E-state index is 16.0. The highest BCUT2D eigenvalue weighted by Crippen LogP contribution is 2.41. The minimum atomic E-state index is -0.562. The van der Waals surface area contributed by atoms with Crippen molar-refractivity contribution in [3.05, 3.63) is 59.6 Å². The van der Waals surface area contributed by atoms with Crippen LogP contribution in [0.15, 0.2) is 48.8 Å². The quantitative estimate of drug-likeness (QED) is 0.418. The molecule has 1 saturated heterocycles. The van der Waals surface area contributed by atoms with Gasteiger partial charge in [0.1, 0.15) is 30.0 Å². The van der Waals surface area contributed by atoms with Gasteiger partial charge in [0.2, 0.25) is 0 Å². The lowest BCUT2D eigenvalue weighted by Gasteiger charge is -2.35. The highest BCUT2D eigenvalue weighted by molar-refractivity contribution is 6.35. The van der Waals surface area contributed by atoms with Crippen LogP contribution in [0.3, 0.4) is 0 Å². The number of fused-ring (bicyclic) bond motifs is 2. The highest BCUT2D eigenvalue weighted by atomic mass is 35.5. The smallest absolute Gasteiger partial charge is 0.159 e. The topological polar surface area (TPSA) is 89.8 Å². The number of benzene rings is 3. The number of phenols is 1. The fourth-order valence-electron chi connectivity index (χ4n) is 4.66. The second-order valence-corrected chi connectivity index (χ2v) is 9.04. The van der Waals surface area contributed by atoms with Gasteiger partial charge in [-0.3, -0.25) is 9.69 Å². The molecule has 5 rings (SSSR count). The van der Waals surface area contributed by atoms with Crippen LogP contribution in [0.2, 0.25) is 5.02 Å². The Labute approximate surface area is 206 Å². The van der Waals surface area contributed by atoms with E-state index in [1.54, 1.807) is 12.1 Å². The molecule has 0 saturated carbocycles. The number of hydrogen-bond acceptors (Lipinski definition) is 7. The zero-order valence-corrected chi connectivity index (χ0v) is 19.7. The monoisotopic (exact) mass is 494 g/mol. The number of aliphatic hydroxyl groups excluding tert-OH is 1. The van der Waals surface area contributed by atoms with Crippen molar-refractivity contribution in [2.24, 2.45) is 0 Å². The highest BCUT2D eigenvalue weighted by Gasteiger charge is 2.24. The van der Waals surface area contributed by atoms with E-state index in [2.05, 4.69) is 19.8 Å². The Morgan fingerprint density at radius 3 is 2.60 bits per heavy atom. The van der Waals surface area contributed by atoms with Gasteiger partial charge in [-0.15, -0.1) is 0 Å². The number of nitrogens with zero attached hydrogens (tertiary/aromatic N) is 4. The van der Waals surface area contributed by atoms with Crippen LogP contribution in [0.1, 0.15) is 6.42 Å². The van der Waals surface area contributed by atoms with Crippen LogP contribution in [0.4, 0.5) is 10.2 Å². The number of rotatable bonds is 6. The van der Waals surface area contributed by atoms with Crippen molar-refractivity contribution in [3.8, 4) is 16.9 Å². The number of carbonyl (C=O) groups excluding carboxylic acids is 1. The van der Waals surface area contributed by atoms with Gasteiger partial charge in [-0.1, -0.05) is 35.9 Å². The molecule has 7 nitrogen and oxygen atoms in total. The van der Waals surface area contributed by atoms with Crippen molar-refractivity contribution in [1.82, 2.24) is 14.9 Å². The van der Waals surface area contributed by atoms with E-state index in [-0.39, 0.29) is 27.6 Å². The maximum absolute atomic E-state index is 16.0. The average molecular weight is 495 g/mol. The van der Waals surface area contributed by atoms with E-state index >= 15 is 4.39 Å². The number of aliphatic hydroxyl groups is 1. The molecule has 0 amide bonds. The van der Waals surface area contributed by atoms with Crippen LogP contribution < -0.4 is 4.90 Å². The molecule has 0 unspecified atom stereocenters. The largest absolute Gasteiger partial charge is 0.508 e. The van der Waals surface area contributed by atoms with E-state index in [0.29, 0.717) is 55.9 Å². The molecule has 0 spiro atoms. The Hall–Kier alpha value is -3.33. The summed E-state index contributed by atoms with van der Waals surface area (Å²) in [6, 6.07) is 12.3. The number of phenolic OH excluding ortho intramolecular Hbond substituents is 1. The number of Topliss-reactive ketones (excluding diaryl/α,β-unsaturated/α-hetero) is 1. The zero-order valence-electron chi connectivity index (χ0n) is 18.9. The zero-order chi connectivity index (χ0) is 24.5. The summed E-state index contributed by atoms with van der Waals surface area (Å²) in [6.07, 6.45) is 1.67. The number of halogens is 2. The number of aromatic hydroxyl groups is 1. The van der Waals surface area contributed by atoms with Crippen molar-refractivity contribution in [3.63, 3.8) is 0 Å². The van der Waals surface area contributed by atoms with Gasteiger partial charge in [0, 0.05) is 50.1 Å². The number of ketones is 1. The third-order valence-electron chi connectivity index (χ3n) is 6.47. The van der Waals surface area contributed by atoms with Gasteiger partial charge < -0.3 is 15.1 Å². The molecular formula is C26H24ClFN4O3. The second kappa shape index (κ2) is 9.73. The number of anilines is 1. The SMILES string of the molecule is O=C(CO)CCN1CCN(c2ncnc3c(F)c(-c4cc(O)cc5ccccc45)c(Cl)cc23)CC1. The Morgan fingerprint density at radius 1 is 1.06 bits per heavy atom. The Morgan fingerprint density at radius 2 is 1.83 bits per heavy atom. The molecule has 180 valence electrons. The van der Waals surface area contributed by atoms with E-state index in [1.165, 1.54) is 12.4 Å². The van der Waals surface area contributed by atoms with Gasteiger partial charge in [0.05, 0.1) is 5.02 Å². The van der Waals surface area contributed by atoms with E-state index in [4.69, 9.17) is 16.7 Å². The summed E-state index contributed by atoms with van der Waals surface area (Å²) in [6.45, 7) is 2.90. The van der Waals surface area contributed by atoms with Gasteiger partial charge in [0.25, 0.3) is 0 Å². The van der Waals surface area contributed by atoms with Crippen LogP contribution in [0.25, 0.3) is 32.8 Å². The van der Waals surface area contributed by atoms with Crippen molar-refractivity contribution < 1.29 is 19.4 Å². The third-order valence-corrected chi connectivity index (χ3v) is 6.77. The molecule has 9 heteroatoms. The van der Waals surface area contributed by atoms with Crippen molar-refractivity contribution >= 4 is 44.9 Å². The van der Waals surface area contributed by atoms with Crippen LogP contribution in [0.5, 0.6) is 5.75 Å². The standard InChI is InChI=1S/C26H24ClFN4O3/c27-22-13-21-25(24(28)23(22)20-12-18(35)11-16-3-1-2-4-19(16)20)29-15-30-26(21)32-9-7-31(8-10-32)6-5-17(34)14-33/h1-4,11-13,15,33,35H,5-10,14H2. The summed E-state index contributed by atoms with van der Waals surface area (Å²) < 4.78 is 16.0. The summed E-state index contributed by atoms with van der Waals surface area (Å²) in [7, 11) is 0. The fraction of sp³-hybridized carbons (Fsp3) is 0.269. The molecule has 2 N–H and O–H groups in total. The van der Waals surface area contributed by atoms with Crippen molar-refractivity contribution in [1.29, 1.82) is 0 Å². The lowest BCUT2D eigenvalue weighted by Crippen LogP contribution is -2.47. The molecule has 3 aromatic carbocycles. The van der Waals surface area contributed by atoms with Gasteiger partial charge in [-0.2, -0.15) is 0 Å². The van der Waals surface area contributed by atoms with Crippen LogP contribution >= 0.6 is 11.6 Å². The normalized spacial score (nSPS) is 14.7. The molecule has 0 bridgehead atoms. The molecule has 4 aromatic rings. The summed E-state index contributed by atoms with van der Waals surface area (Å²) >= 11 is 6.66.